The summed E-state index contributed by atoms with van der Waals surface area (Å²) in [6.07, 6.45) is -0.502. The van der Waals surface area contributed by atoms with Gasteiger partial charge in [-0.2, -0.15) is 0 Å². The van der Waals surface area contributed by atoms with Gasteiger partial charge in [-0.25, -0.2) is 13.6 Å². The number of likely N-dealkylation sites (tertiary alicyclic amines) is 1. The monoisotopic (exact) mass is 444 g/mol. The number of piperidine rings is 1. The number of carbonyl (C=O) groups is 3. The van der Waals surface area contributed by atoms with Gasteiger partial charge in [0.05, 0.1) is 0 Å². The van der Waals surface area contributed by atoms with Gasteiger partial charge in [-0.15, -0.1) is 0 Å². The summed E-state index contributed by atoms with van der Waals surface area (Å²) in [5.74, 6) is -3.69. The molecule has 3 amide bonds. The number of amides is 3. The molecule has 0 spiro atoms. The minimum Gasteiger partial charge on any atom is -0.433 e. The van der Waals surface area contributed by atoms with Gasteiger partial charge in [0.2, 0.25) is 5.91 Å². The molecule has 3 fully saturated rings. The first-order valence-electron chi connectivity index (χ1n) is 11.2. The fraction of sp³-hybridized carbons (Fsp3) is 0.857. The van der Waals surface area contributed by atoms with Gasteiger partial charge in [-0.1, -0.05) is 0 Å². The molecular formula is C21H34F2N4O4. The second-order valence-corrected chi connectivity index (χ2v) is 9.30. The number of hydrogen-bond donors (Lipinski definition) is 1. The standard InChI is InChI=1S/C21H34F2N4O4/c1-15(2)25-11-13-26(14-12-25)17(28)16-3-5-20(6-4-16,18(24)29)31-19(30)27-9-7-21(22,23)8-10-27/h15-16H,3-14H2,1-2H3,(H2,24,29). The molecule has 0 atom stereocenters. The van der Waals surface area contributed by atoms with Crippen LogP contribution in [0, 0.1) is 5.92 Å². The van der Waals surface area contributed by atoms with Crippen LogP contribution >= 0.6 is 0 Å². The lowest BCUT2D eigenvalue weighted by atomic mass is 9.77. The fourth-order valence-corrected chi connectivity index (χ4v) is 4.69. The number of piperazine rings is 1. The Morgan fingerprint density at radius 2 is 1.45 bits per heavy atom. The van der Waals surface area contributed by atoms with E-state index in [4.69, 9.17) is 10.5 Å². The number of nitrogens with zero attached hydrogens (tertiary/aromatic N) is 3. The summed E-state index contributed by atoms with van der Waals surface area (Å²) in [5, 5.41) is 0. The Kier molecular flexibility index (Phi) is 7.08. The van der Waals surface area contributed by atoms with E-state index in [1.807, 2.05) is 4.90 Å². The maximum atomic E-state index is 13.3. The highest BCUT2D eigenvalue weighted by Gasteiger charge is 2.47. The molecule has 10 heteroatoms. The molecule has 3 rings (SSSR count). The Bertz CT molecular complexity index is 677. The van der Waals surface area contributed by atoms with Gasteiger partial charge in [0.25, 0.3) is 11.8 Å². The van der Waals surface area contributed by atoms with Gasteiger partial charge in [-0.3, -0.25) is 14.5 Å². The Morgan fingerprint density at radius 1 is 0.903 bits per heavy atom. The first-order chi connectivity index (χ1) is 14.5. The van der Waals surface area contributed by atoms with E-state index < -0.39 is 36.4 Å². The number of carbonyl (C=O) groups excluding carboxylic acids is 3. The molecule has 0 bridgehead atoms. The lowest BCUT2D eigenvalue weighted by Crippen LogP contribution is -2.55. The van der Waals surface area contributed by atoms with Crippen molar-refractivity contribution in [2.75, 3.05) is 39.3 Å². The number of hydrogen-bond acceptors (Lipinski definition) is 5. The van der Waals surface area contributed by atoms with Crippen LogP contribution in [0.15, 0.2) is 0 Å². The number of alkyl halides is 2. The second kappa shape index (κ2) is 9.26. The maximum Gasteiger partial charge on any atom is 0.410 e. The summed E-state index contributed by atoms with van der Waals surface area (Å²) in [6.45, 7) is 7.08. The van der Waals surface area contributed by atoms with E-state index in [1.165, 1.54) is 4.90 Å². The molecule has 2 saturated heterocycles. The van der Waals surface area contributed by atoms with Gasteiger partial charge in [0.1, 0.15) is 0 Å². The molecule has 1 saturated carbocycles. The molecular weight excluding hydrogens is 410 g/mol. The van der Waals surface area contributed by atoms with Crippen LogP contribution < -0.4 is 5.73 Å². The van der Waals surface area contributed by atoms with Gasteiger partial charge >= 0.3 is 6.09 Å². The van der Waals surface area contributed by atoms with Crippen molar-refractivity contribution >= 4 is 17.9 Å². The van der Waals surface area contributed by atoms with E-state index >= 15 is 0 Å². The van der Waals surface area contributed by atoms with Crippen LogP contribution in [0.5, 0.6) is 0 Å². The predicted molar refractivity (Wildman–Crippen MR) is 109 cm³/mol. The third-order valence-electron chi connectivity index (χ3n) is 6.98. The van der Waals surface area contributed by atoms with Crippen molar-refractivity contribution in [3.05, 3.63) is 0 Å². The van der Waals surface area contributed by atoms with Crippen molar-refractivity contribution in [3.8, 4) is 0 Å². The van der Waals surface area contributed by atoms with E-state index in [0.717, 1.165) is 13.1 Å². The van der Waals surface area contributed by atoms with E-state index in [9.17, 15) is 23.2 Å². The summed E-state index contributed by atoms with van der Waals surface area (Å²) in [5.41, 5.74) is 4.09. The molecule has 31 heavy (non-hydrogen) atoms. The highest BCUT2D eigenvalue weighted by atomic mass is 19.3. The summed E-state index contributed by atoms with van der Waals surface area (Å²) < 4.78 is 32.2. The molecule has 1 aliphatic carbocycles. The number of ether oxygens (including phenoxy) is 1. The van der Waals surface area contributed by atoms with Gasteiger partial charge in [0, 0.05) is 64.1 Å². The Morgan fingerprint density at radius 3 is 1.94 bits per heavy atom. The molecule has 2 N–H and O–H groups in total. The summed E-state index contributed by atoms with van der Waals surface area (Å²) >= 11 is 0. The van der Waals surface area contributed by atoms with Crippen LogP contribution in [0.1, 0.15) is 52.4 Å². The highest BCUT2D eigenvalue weighted by molar-refractivity contribution is 5.87. The summed E-state index contributed by atoms with van der Waals surface area (Å²) in [7, 11) is 0. The van der Waals surface area contributed by atoms with Crippen molar-refractivity contribution in [3.63, 3.8) is 0 Å². The first-order valence-corrected chi connectivity index (χ1v) is 11.2. The van der Waals surface area contributed by atoms with E-state index in [0.29, 0.717) is 32.0 Å². The third-order valence-corrected chi connectivity index (χ3v) is 6.98. The normalized spacial score (nSPS) is 29.6. The minimum atomic E-state index is -2.78. The quantitative estimate of drug-likeness (QED) is 0.714. The van der Waals surface area contributed by atoms with Crippen LogP contribution in [0.25, 0.3) is 0 Å². The van der Waals surface area contributed by atoms with Crippen LogP contribution in [0.2, 0.25) is 0 Å². The molecule has 0 aromatic rings. The van der Waals surface area contributed by atoms with Gasteiger partial charge in [-0.05, 0) is 39.5 Å². The topological polar surface area (TPSA) is 96.2 Å². The number of primary amides is 1. The second-order valence-electron chi connectivity index (χ2n) is 9.30. The largest absolute Gasteiger partial charge is 0.433 e. The smallest absolute Gasteiger partial charge is 0.410 e. The molecule has 8 nitrogen and oxygen atoms in total. The third kappa shape index (κ3) is 5.45. The Labute approximate surface area is 182 Å². The van der Waals surface area contributed by atoms with E-state index in [2.05, 4.69) is 18.7 Å². The highest BCUT2D eigenvalue weighted by Crippen LogP contribution is 2.37. The molecule has 0 aromatic heterocycles. The molecule has 2 aliphatic heterocycles. The van der Waals surface area contributed by atoms with E-state index in [-0.39, 0.29) is 37.8 Å². The molecule has 176 valence electrons. The molecule has 2 heterocycles. The van der Waals surface area contributed by atoms with Crippen molar-refractivity contribution in [2.24, 2.45) is 11.7 Å². The fourth-order valence-electron chi connectivity index (χ4n) is 4.69. The van der Waals surface area contributed by atoms with Gasteiger partial charge < -0.3 is 20.3 Å². The zero-order chi connectivity index (χ0) is 22.8. The van der Waals surface area contributed by atoms with Crippen molar-refractivity contribution < 1.29 is 27.9 Å². The molecule has 0 radical (unpaired) electrons. The van der Waals surface area contributed by atoms with Crippen LogP contribution in [-0.2, 0) is 14.3 Å². The summed E-state index contributed by atoms with van der Waals surface area (Å²) in [6, 6.07) is 0.448. The predicted octanol–water partition coefficient (Wildman–Crippen LogP) is 1.82. The number of nitrogens with two attached hydrogens (primary N) is 1. The van der Waals surface area contributed by atoms with Crippen molar-refractivity contribution in [2.45, 2.75) is 69.9 Å². The number of halogens is 2. The lowest BCUT2D eigenvalue weighted by Gasteiger charge is -2.41. The SMILES string of the molecule is CC(C)N1CCN(C(=O)C2CCC(OC(=O)N3CCC(F)(F)CC3)(C(N)=O)CC2)CC1. The van der Waals surface area contributed by atoms with Crippen molar-refractivity contribution in [1.29, 1.82) is 0 Å². The molecule has 0 aromatic carbocycles. The zero-order valence-corrected chi connectivity index (χ0v) is 18.4. The van der Waals surface area contributed by atoms with Crippen LogP contribution in [0.3, 0.4) is 0 Å². The van der Waals surface area contributed by atoms with Crippen LogP contribution in [0.4, 0.5) is 13.6 Å². The average Bonchev–Trinajstić information content (AvgIpc) is 2.73. The zero-order valence-electron chi connectivity index (χ0n) is 18.4. The lowest BCUT2D eigenvalue weighted by molar-refractivity contribution is -0.149. The first kappa shape index (κ1) is 23.7. The summed E-state index contributed by atoms with van der Waals surface area (Å²) in [4.78, 5) is 43.0. The van der Waals surface area contributed by atoms with Crippen molar-refractivity contribution in [1.82, 2.24) is 14.7 Å². The van der Waals surface area contributed by atoms with Crippen LogP contribution in [-0.4, -0.2) is 89.4 Å². The molecule has 3 aliphatic rings. The van der Waals surface area contributed by atoms with Gasteiger partial charge in [0.15, 0.2) is 5.60 Å². The number of rotatable bonds is 4. The maximum absolute atomic E-state index is 13.3. The average molecular weight is 445 g/mol. The van der Waals surface area contributed by atoms with E-state index in [1.54, 1.807) is 0 Å². The Balaban J connectivity index is 1.54. The Hall–Kier alpha value is -1.97. The molecule has 0 unspecified atom stereocenters. The minimum absolute atomic E-state index is 0.0751.